The van der Waals surface area contributed by atoms with Crippen molar-refractivity contribution >= 4 is 23.3 Å². The summed E-state index contributed by atoms with van der Waals surface area (Å²) in [7, 11) is 0. The van der Waals surface area contributed by atoms with Crippen molar-refractivity contribution in [2.45, 2.75) is 20.4 Å². The van der Waals surface area contributed by atoms with E-state index in [-0.39, 0.29) is 36.1 Å². The van der Waals surface area contributed by atoms with Gasteiger partial charge in [0.15, 0.2) is 6.61 Å². The van der Waals surface area contributed by atoms with Gasteiger partial charge in [0.05, 0.1) is 4.92 Å². The molecule has 1 saturated heterocycles. The second kappa shape index (κ2) is 8.72. The van der Waals surface area contributed by atoms with E-state index in [9.17, 15) is 19.7 Å². The van der Waals surface area contributed by atoms with E-state index in [1.54, 1.807) is 4.90 Å². The van der Waals surface area contributed by atoms with Gasteiger partial charge in [-0.2, -0.15) is 5.10 Å². The third kappa shape index (κ3) is 4.71. The molecule has 1 aromatic heterocycles. The number of hydrogen-bond acceptors (Lipinski definition) is 7. The quantitative estimate of drug-likeness (QED) is 0.407. The molecule has 1 aliphatic rings. The van der Waals surface area contributed by atoms with Crippen molar-refractivity contribution in [3.63, 3.8) is 0 Å². The number of nitrogens with zero attached hydrogens (tertiary/aromatic N) is 5. The third-order valence-corrected chi connectivity index (χ3v) is 4.92. The average Bonchev–Trinajstić information content (AvgIpc) is 3.00. The van der Waals surface area contributed by atoms with E-state index in [2.05, 4.69) is 10.00 Å². The van der Waals surface area contributed by atoms with Gasteiger partial charge in [0.25, 0.3) is 5.91 Å². The predicted octanol–water partition coefficient (Wildman–Crippen LogP) is 1.30. The number of piperazine rings is 1. The van der Waals surface area contributed by atoms with Crippen LogP contribution in [0.3, 0.4) is 0 Å². The molecule has 1 fully saturated rings. The Morgan fingerprint density at radius 2 is 1.79 bits per heavy atom. The second-order valence-electron chi connectivity index (χ2n) is 6.80. The minimum atomic E-state index is -0.665. The first kappa shape index (κ1) is 20.3. The highest BCUT2D eigenvalue weighted by Crippen LogP contribution is 2.21. The van der Waals surface area contributed by atoms with E-state index >= 15 is 0 Å². The normalized spacial score (nSPS) is 14.0. The summed E-state index contributed by atoms with van der Waals surface area (Å²) in [6.07, 6.45) is 0. The van der Waals surface area contributed by atoms with Gasteiger partial charge in [-0.3, -0.25) is 24.4 Å². The highest BCUT2D eigenvalue weighted by atomic mass is 16.6. The summed E-state index contributed by atoms with van der Waals surface area (Å²) in [5, 5.41) is 15.0. The van der Waals surface area contributed by atoms with Gasteiger partial charge in [-0.05, 0) is 26.0 Å². The summed E-state index contributed by atoms with van der Waals surface area (Å²) < 4.78 is 6.28. The lowest BCUT2D eigenvalue weighted by molar-refractivity contribution is -0.386. The zero-order valence-electron chi connectivity index (χ0n) is 16.4. The molecule has 0 saturated carbocycles. The van der Waals surface area contributed by atoms with Crippen molar-refractivity contribution in [2.24, 2.45) is 0 Å². The Morgan fingerprint density at radius 1 is 1.14 bits per heavy atom. The number of carbonyl (C=O) groups excluding carboxylic acids is 2. The number of aryl methyl sites for hydroxylation is 1. The van der Waals surface area contributed by atoms with Crippen molar-refractivity contribution in [3.8, 4) is 0 Å². The smallest absolute Gasteiger partial charge is 0.328 e. The largest absolute Gasteiger partial charge is 0.454 e. The second-order valence-corrected chi connectivity index (χ2v) is 6.80. The first-order chi connectivity index (χ1) is 13.9. The summed E-state index contributed by atoms with van der Waals surface area (Å²) in [5.74, 6) is -0.924. The number of hydrogen-bond donors (Lipinski definition) is 0. The van der Waals surface area contributed by atoms with Crippen LogP contribution in [0.15, 0.2) is 30.3 Å². The molecule has 0 radical (unpaired) electrons. The molecule has 3 rings (SSSR count). The summed E-state index contributed by atoms with van der Waals surface area (Å²) in [4.78, 5) is 38.7. The summed E-state index contributed by atoms with van der Waals surface area (Å²) >= 11 is 0. The Bertz CT molecular complexity index is 903. The molecule has 2 heterocycles. The zero-order chi connectivity index (χ0) is 21.0. The van der Waals surface area contributed by atoms with Crippen molar-refractivity contribution in [1.82, 2.24) is 14.7 Å². The van der Waals surface area contributed by atoms with Crippen molar-refractivity contribution in [3.05, 3.63) is 51.8 Å². The number of esters is 1. The number of para-hydroxylation sites is 1. The minimum absolute atomic E-state index is 0.120. The molecule has 1 amide bonds. The highest BCUT2D eigenvalue weighted by Gasteiger charge is 2.25. The Hall–Kier alpha value is -3.43. The lowest BCUT2D eigenvalue weighted by Crippen LogP contribution is -2.50. The number of anilines is 1. The van der Waals surface area contributed by atoms with Gasteiger partial charge in [0, 0.05) is 31.9 Å². The lowest BCUT2D eigenvalue weighted by Gasteiger charge is -2.36. The maximum atomic E-state index is 12.3. The van der Waals surface area contributed by atoms with Crippen LogP contribution in [-0.2, 0) is 20.9 Å². The fourth-order valence-electron chi connectivity index (χ4n) is 3.36. The van der Waals surface area contributed by atoms with Crippen LogP contribution in [-0.4, -0.2) is 64.3 Å². The first-order valence-electron chi connectivity index (χ1n) is 9.28. The molecule has 154 valence electrons. The number of rotatable bonds is 6. The molecule has 0 unspecified atom stereocenters. The molecular weight excluding hydrogens is 378 g/mol. The van der Waals surface area contributed by atoms with Crippen LogP contribution in [0.25, 0.3) is 0 Å². The summed E-state index contributed by atoms with van der Waals surface area (Å²) in [5.41, 5.74) is 1.50. The van der Waals surface area contributed by atoms with Crippen LogP contribution in [0.5, 0.6) is 0 Å². The molecule has 10 nitrogen and oxygen atoms in total. The zero-order valence-corrected chi connectivity index (χ0v) is 16.4. The van der Waals surface area contributed by atoms with Gasteiger partial charge < -0.3 is 14.5 Å². The van der Waals surface area contributed by atoms with E-state index in [1.807, 2.05) is 30.3 Å². The number of carbonyl (C=O) groups is 2. The molecule has 2 aromatic rings. The molecular formula is C19H23N5O5. The van der Waals surface area contributed by atoms with Crippen molar-refractivity contribution in [2.75, 3.05) is 37.7 Å². The molecule has 0 N–H and O–H groups in total. The van der Waals surface area contributed by atoms with Crippen molar-refractivity contribution in [1.29, 1.82) is 0 Å². The first-order valence-corrected chi connectivity index (χ1v) is 9.28. The van der Waals surface area contributed by atoms with E-state index in [0.717, 1.165) is 5.69 Å². The summed E-state index contributed by atoms with van der Waals surface area (Å²) in [6, 6.07) is 9.97. The molecule has 0 atom stereocenters. The Kier molecular flexibility index (Phi) is 6.10. The van der Waals surface area contributed by atoms with Gasteiger partial charge in [-0.1, -0.05) is 18.2 Å². The fourth-order valence-corrected chi connectivity index (χ4v) is 3.36. The van der Waals surface area contributed by atoms with Gasteiger partial charge in [-0.15, -0.1) is 0 Å². The average molecular weight is 401 g/mol. The third-order valence-electron chi connectivity index (χ3n) is 4.92. The van der Waals surface area contributed by atoms with E-state index in [0.29, 0.717) is 26.2 Å². The molecule has 10 heteroatoms. The van der Waals surface area contributed by atoms with Crippen LogP contribution in [0.4, 0.5) is 11.4 Å². The van der Waals surface area contributed by atoms with Crippen LogP contribution < -0.4 is 4.90 Å². The standard InChI is InChI=1S/C19H23N5O5/c1-14-19(24(27)28)15(2)23(20-14)12-18(26)29-13-17(25)22-10-8-21(9-11-22)16-6-4-3-5-7-16/h3-7H,8-13H2,1-2H3. The molecule has 0 spiro atoms. The maximum absolute atomic E-state index is 12.3. The Balaban J connectivity index is 1.47. The lowest BCUT2D eigenvalue weighted by atomic mass is 10.2. The highest BCUT2D eigenvalue weighted by molar-refractivity contribution is 5.81. The van der Waals surface area contributed by atoms with Gasteiger partial charge in [-0.25, -0.2) is 0 Å². The van der Waals surface area contributed by atoms with Crippen LogP contribution in [0.1, 0.15) is 11.4 Å². The molecule has 0 bridgehead atoms. The number of aromatic nitrogens is 2. The molecule has 1 aliphatic heterocycles. The van der Waals surface area contributed by atoms with Crippen LogP contribution >= 0.6 is 0 Å². The summed E-state index contributed by atoms with van der Waals surface area (Å²) in [6.45, 7) is 4.90. The maximum Gasteiger partial charge on any atom is 0.328 e. The van der Waals surface area contributed by atoms with Gasteiger partial charge in [0.1, 0.15) is 17.9 Å². The Morgan fingerprint density at radius 3 is 2.38 bits per heavy atom. The van der Waals surface area contributed by atoms with Crippen LogP contribution in [0, 0.1) is 24.0 Å². The van der Waals surface area contributed by atoms with E-state index in [1.165, 1.54) is 18.5 Å². The topological polar surface area (TPSA) is 111 Å². The van der Waals surface area contributed by atoms with Crippen molar-refractivity contribution < 1.29 is 19.2 Å². The number of ether oxygens (including phenoxy) is 1. The van der Waals surface area contributed by atoms with Gasteiger partial charge >= 0.3 is 11.7 Å². The fraction of sp³-hybridized carbons (Fsp3) is 0.421. The molecule has 0 aliphatic carbocycles. The number of amides is 1. The number of nitro groups is 1. The SMILES string of the molecule is Cc1nn(CC(=O)OCC(=O)N2CCN(c3ccccc3)CC2)c(C)c1[N+](=O)[O-]. The van der Waals surface area contributed by atoms with E-state index in [4.69, 9.17) is 4.74 Å². The molecule has 1 aromatic carbocycles. The van der Waals surface area contributed by atoms with E-state index < -0.39 is 10.9 Å². The van der Waals surface area contributed by atoms with Gasteiger partial charge in [0.2, 0.25) is 0 Å². The minimum Gasteiger partial charge on any atom is -0.454 e. The molecule has 29 heavy (non-hydrogen) atoms. The monoisotopic (exact) mass is 401 g/mol. The predicted molar refractivity (Wildman–Crippen MR) is 105 cm³/mol. The Labute approximate surface area is 167 Å². The number of benzene rings is 1. The van der Waals surface area contributed by atoms with Crippen LogP contribution in [0.2, 0.25) is 0 Å².